The van der Waals surface area contributed by atoms with Gasteiger partial charge in [-0.25, -0.2) is 0 Å². The summed E-state index contributed by atoms with van der Waals surface area (Å²) < 4.78 is 0. The molecule has 0 amide bonds. The van der Waals surface area contributed by atoms with Crippen LogP contribution < -0.4 is 0 Å². The first-order valence-electron chi connectivity index (χ1n) is 7.37. The number of rotatable bonds is 0. The maximum Gasteiger partial charge on any atom is -0.0623 e. The zero-order valence-electron chi connectivity index (χ0n) is 9.59. The molecule has 11 rings (SSSR count). The van der Waals surface area contributed by atoms with E-state index in [2.05, 4.69) is 0 Å². The molecule has 10 aliphatic heterocycles. The fourth-order valence-electron chi connectivity index (χ4n) is 16.2. The number of benzene rings is 1. The van der Waals surface area contributed by atoms with Gasteiger partial charge >= 0.3 is 54.7 Å². The molecule has 1 heteroatoms. The van der Waals surface area contributed by atoms with Gasteiger partial charge in [0.1, 0.15) is 0 Å². The molecule has 88 valence electrons. The van der Waals surface area contributed by atoms with Gasteiger partial charge in [0, 0.05) is 0 Å². The standard InChI is InChI=1S/C6H6.2C5H5.Fe/c1-2-4-6-5-3-1;2*1-2-4-5-3-1;/h1-6H;2*1-5H;. The number of hydrogen-bond acceptors (Lipinski definition) is 0. The van der Waals surface area contributed by atoms with Gasteiger partial charge in [0.05, 0.1) is 0 Å². The van der Waals surface area contributed by atoms with E-state index < -0.39 is 6.51 Å². The van der Waals surface area contributed by atoms with E-state index in [-0.39, 0.29) is 0 Å². The molecule has 0 aromatic heterocycles. The van der Waals surface area contributed by atoms with Crippen molar-refractivity contribution in [3.05, 3.63) is 36.4 Å². The van der Waals surface area contributed by atoms with Crippen LogP contribution in [0.15, 0.2) is 36.4 Å². The third kappa shape index (κ3) is 0.0702. The first kappa shape index (κ1) is 6.26. The molecular weight excluding hydrogens is 248 g/mol. The minimum absolute atomic E-state index is 1.59. The van der Waals surface area contributed by atoms with Crippen LogP contribution in [-0.4, -0.2) is 0 Å². The van der Waals surface area contributed by atoms with Crippen molar-refractivity contribution in [1.82, 2.24) is 0 Å². The minimum atomic E-state index is -2.28. The van der Waals surface area contributed by atoms with Gasteiger partial charge in [-0.1, -0.05) is 36.4 Å². The molecule has 1 aromatic rings. The van der Waals surface area contributed by atoms with Crippen LogP contribution in [0.25, 0.3) is 0 Å². The number of hydrogen-bond donors (Lipinski definition) is 0. The molecule has 0 unspecified atom stereocenters. The van der Waals surface area contributed by atoms with Crippen molar-refractivity contribution in [2.24, 2.45) is 0 Å². The Hall–Kier alpha value is -0.261. The molecule has 10 fully saturated rings. The van der Waals surface area contributed by atoms with E-state index in [9.17, 15) is 0 Å². The fraction of sp³-hybridized carbons (Fsp3) is 0.625. The van der Waals surface area contributed by atoms with Gasteiger partial charge in [-0.15, -0.1) is 0 Å². The monoisotopic (exact) mass is 264 g/mol. The quantitative estimate of drug-likeness (QED) is 0.574. The van der Waals surface area contributed by atoms with Crippen LogP contribution in [0.4, 0.5) is 0 Å². The summed E-state index contributed by atoms with van der Waals surface area (Å²) >= 11 is 0. The Morgan fingerprint density at radius 2 is 0.529 bits per heavy atom. The van der Waals surface area contributed by atoms with Gasteiger partial charge < -0.3 is 0 Å². The third-order valence-corrected chi connectivity index (χ3v) is 57.1. The Kier molecular flexibility index (Phi) is 0.193. The van der Waals surface area contributed by atoms with E-state index in [0.29, 0.717) is 0 Å². The summed E-state index contributed by atoms with van der Waals surface area (Å²) in [7, 11) is 0. The van der Waals surface area contributed by atoms with Crippen molar-refractivity contribution < 1.29 is 6.51 Å². The van der Waals surface area contributed by atoms with Crippen LogP contribution in [0.1, 0.15) is 0 Å². The predicted octanol–water partition coefficient (Wildman–Crippen LogP) is 5.06. The van der Waals surface area contributed by atoms with Crippen molar-refractivity contribution in [2.75, 3.05) is 0 Å². The molecule has 10 saturated heterocycles. The Morgan fingerprint density at radius 1 is 0.353 bits per heavy atom. The van der Waals surface area contributed by atoms with Gasteiger partial charge in [0.2, 0.25) is 0 Å². The van der Waals surface area contributed by atoms with Crippen LogP contribution in [0.3, 0.4) is 0 Å². The molecule has 10 heterocycles. The molecule has 0 saturated carbocycles. The van der Waals surface area contributed by atoms with Crippen molar-refractivity contribution in [3.63, 3.8) is 0 Å². The van der Waals surface area contributed by atoms with Gasteiger partial charge in [-0.3, -0.25) is 0 Å². The number of fused-ring (bicyclic) bond motifs is 10. The zero-order chi connectivity index (χ0) is 10.3. The van der Waals surface area contributed by atoms with Crippen molar-refractivity contribution in [2.45, 2.75) is 48.2 Å². The van der Waals surface area contributed by atoms with Gasteiger partial charge in [-0.2, -0.15) is 0 Å². The van der Waals surface area contributed by atoms with Crippen LogP contribution >= 0.6 is 0 Å². The Bertz CT molecular complexity index is 766. The molecular formula is C16H16Fe. The molecule has 0 aliphatic carbocycles. The van der Waals surface area contributed by atoms with E-state index in [1.54, 1.807) is 48.2 Å². The van der Waals surface area contributed by atoms with E-state index in [1.165, 1.54) is 0 Å². The molecule has 1 spiro atoms. The van der Waals surface area contributed by atoms with Crippen LogP contribution in [-0.2, 0) is 6.51 Å². The van der Waals surface area contributed by atoms with Crippen molar-refractivity contribution in [3.8, 4) is 0 Å². The Morgan fingerprint density at radius 3 is 0.588 bits per heavy atom. The summed E-state index contributed by atoms with van der Waals surface area (Å²) in [6.07, 6.45) is 0. The molecule has 0 bridgehead atoms. The van der Waals surface area contributed by atoms with E-state index in [1.807, 2.05) is 36.4 Å². The normalized spacial score (nSPS) is 113. The van der Waals surface area contributed by atoms with Crippen LogP contribution in [0.2, 0.25) is 48.2 Å². The molecule has 1 aromatic carbocycles. The largest absolute Gasteiger partial charge is 0.0623 e. The van der Waals surface area contributed by atoms with Gasteiger partial charge in [0.15, 0.2) is 0 Å². The first-order chi connectivity index (χ1) is 8.16. The molecule has 17 heavy (non-hydrogen) atoms. The topological polar surface area (TPSA) is 0 Å². The second-order valence-corrected chi connectivity index (χ2v) is 34.7. The van der Waals surface area contributed by atoms with Crippen molar-refractivity contribution >= 4 is 0 Å². The maximum absolute atomic E-state index is 2.28. The van der Waals surface area contributed by atoms with Gasteiger partial charge in [-0.05, 0) is 0 Å². The first-order valence-corrected chi connectivity index (χ1v) is 13.7. The second-order valence-electron chi connectivity index (χ2n) is 10.7. The molecule has 0 nitrogen and oxygen atoms in total. The minimum Gasteiger partial charge on any atom is -0.0623 e. The summed E-state index contributed by atoms with van der Waals surface area (Å²) in [6, 6.07) is 12.0. The van der Waals surface area contributed by atoms with Gasteiger partial charge in [0.25, 0.3) is 0 Å². The van der Waals surface area contributed by atoms with Crippen molar-refractivity contribution in [1.29, 1.82) is 0 Å². The summed E-state index contributed by atoms with van der Waals surface area (Å²) in [5.41, 5.74) is 0. The average molecular weight is 264 g/mol. The summed E-state index contributed by atoms with van der Waals surface area (Å²) in [5, 5.41) is 0. The maximum atomic E-state index is 2.00. The molecule has 0 radical (unpaired) electrons. The Balaban J connectivity index is 0.0000000917. The van der Waals surface area contributed by atoms with E-state index in [4.69, 9.17) is 0 Å². The Labute approximate surface area is 91.1 Å². The average Bonchev–Trinajstić information content (AvgIpc) is 3.33. The van der Waals surface area contributed by atoms with Crippen LogP contribution in [0.5, 0.6) is 0 Å². The second kappa shape index (κ2) is 0.525. The third-order valence-electron chi connectivity index (χ3n) is 15.2. The zero-order valence-corrected chi connectivity index (χ0v) is 10.7. The molecule has 0 atom stereocenters. The predicted molar refractivity (Wildman–Crippen MR) is 63.9 cm³/mol. The fourth-order valence-corrected chi connectivity index (χ4v) is 88.4. The molecule has 10 aliphatic rings. The summed E-state index contributed by atoms with van der Waals surface area (Å²) in [4.78, 5) is 15.9. The summed E-state index contributed by atoms with van der Waals surface area (Å²) in [5.74, 6) is 0. The SMILES string of the molecule is [CH]12[CH]3[CH]4[CH]5[CH]1[Fe]23451678[CH]2[CH]1[CH]6[CH]7[CH]28.c1ccccc1. The summed E-state index contributed by atoms with van der Waals surface area (Å²) in [6.45, 7) is -2.28. The van der Waals surface area contributed by atoms with E-state index >= 15 is 0 Å². The molecule has 0 N–H and O–H groups in total. The van der Waals surface area contributed by atoms with Crippen LogP contribution in [0, 0.1) is 0 Å². The smallest absolute Gasteiger partial charge is 0.0623 e. The van der Waals surface area contributed by atoms with E-state index in [0.717, 1.165) is 0 Å².